The van der Waals surface area contributed by atoms with Gasteiger partial charge in [0.15, 0.2) is 0 Å². The van der Waals surface area contributed by atoms with Gasteiger partial charge < -0.3 is 5.32 Å². The molecule has 0 aromatic heterocycles. The number of aryl methyl sites for hydroxylation is 1. The van der Waals surface area contributed by atoms with Crippen LogP contribution in [0, 0.1) is 28.4 Å². The largest absolute Gasteiger partial charge is 0.345 e. The second-order valence-corrected chi connectivity index (χ2v) is 5.58. The molecule has 0 saturated carbocycles. The first kappa shape index (κ1) is 17.9. The van der Waals surface area contributed by atoms with Crippen LogP contribution < -0.4 is 5.32 Å². The maximum Gasteiger partial charge on any atom is 0.272 e. The van der Waals surface area contributed by atoms with Gasteiger partial charge in [0.05, 0.1) is 11.0 Å². The Morgan fingerprint density at radius 1 is 1.28 bits per heavy atom. The van der Waals surface area contributed by atoms with E-state index in [2.05, 4.69) is 5.32 Å². The Hall–Kier alpha value is -3.46. The minimum atomic E-state index is -0.526. The predicted molar refractivity (Wildman–Crippen MR) is 94.4 cm³/mol. The first-order valence-corrected chi connectivity index (χ1v) is 7.65. The normalized spacial score (nSPS) is 12.1. The zero-order chi connectivity index (χ0) is 18.4. The topological polar surface area (TPSA) is 96.0 Å². The van der Waals surface area contributed by atoms with Crippen LogP contribution in [-0.4, -0.2) is 10.8 Å². The number of nitrogens with one attached hydrogen (secondary N) is 1. The van der Waals surface area contributed by atoms with Crippen LogP contribution in [0.3, 0.4) is 0 Å². The molecule has 0 aliphatic rings. The van der Waals surface area contributed by atoms with Gasteiger partial charge in [-0.05, 0) is 31.1 Å². The highest BCUT2D eigenvalue weighted by atomic mass is 16.6. The number of amides is 1. The fourth-order valence-corrected chi connectivity index (χ4v) is 2.33. The molecule has 0 bridgehead atoms. The molecular weight excluding hydrogens is 318 g/mol. The summed E-state index contributed by atoms with van der Waals surface area (Å²) in [6.45, 7) is 3.45. The molecule has 0 spiro atoms. The van der Waals surface area contributed by atoms with Crippen LogP contribution in [0.5, 0.6) is 0 Å². The summed E-state index contributed by atoms with van der Waals surface area (Å²) in [6, 6.07) is 15.5. The number of hydrogen-bond acceptors (Lipinski definition) is 4. The van der Waals surface area contributed by atoms with Gasteiger partial charge in [0.2, 0.25) is 0 Å². The van der Waals surface area contributed by atoms with Crippen LogP contribution in [0.2, 0.25) is 0 Å². The fourth-order valence-electron chi connectivity index (χ4n) is 2.33. The zero-order valence-electron chi connectivity index (χ0n) is 13.9. The molecule has 1 N–H and O–H groups in total. The molecule has 2 aromatic rings. The Morgan fingerprint density at radius 3 is 2.56 bits per heavy atom. The third kappa shape index (κ3) is 4.52. The van der Waals surface area contributed by atoms with Crippen molar-refractivity contribution in [1.29, 1.82) is 5.26 Å². The summed E-state index contributed by atoms with van der Waals surface area (Å²) in [6.07, 6.45) is 1.35. The predicted octanol–water partition coefficient (Wildman–Crippen LogP) is 3.69. The van der Waals surface area contributed by atoms with E-state index in [4.69, 9.17) is 0 Å². The van der Waals surface area contributed by atoms with Crippen molar-refractivity contribution in [2.24, 2.45) is 0 Å². The van der Waals surface area contributed by atoms with E-state index >= 15 is 0 Å². The maximum atomic E-state index is 12.3. The third-order valence-corrected chi connectivity index (χ3v) is 3.75. The highest BCUT2D eigenvalue weighted by Gasteiger charge is 2.15. The highest BCUT2D eigenvalue weighted by molar-refractivity contribution is 6.01. The maximum absolute atomic E-state index is 12.3. The Kier molecular flexibility index (Phi) is 5.64. The van der Waals surface area contributed by atoms with Gasteiger partial charge in [-0.15, -0.1) is 0 Å². The van der Waals surface area contributed by atoms with E-state index in [0.717, 1.165) is 5.56 Å². The van der Waals surface area contributed by atoms with Gasteiger partial charge in [-0.2, -0.15) is 5.26 Å². The van der Waals surface area contributed by atoms with Crippen molar-refractivity contribution >= 4 is 17.7 Å². The Labute approximate surface area is 145 Å². The van der Waals surface area contributed by atoms with Crippen molar-refractivity contribution < 1.29 is 9.72 Å². The monoisotopic (exact) mass is 335 g/mol. The number of nitro benzene ring substituents is 1. The first-order chi connectivity index (χ1) is 11.9. The van der Waals surface area contributed by atoms with Gasteiger partial charge >= 0.3 is 0 Å². The lowest BCUT2D eigenvalue weighted by atomic mass is 10.1. The number of carbonyl (C=O) groups is 1. The van der Waals surface area contributed by atoms with Crippen molar-refractivity contribution in [3.05, 3.63) is 80.9 Å². The number of carbonyl (C=O) groups excluding carboxylic acids is 1. The molecule has 0 saturated heterocycles. The number of nitro groups is 1. The molecule has 0 unspecified atom stereocenters. The lowest BCUT2D eigenvalue weighted by molar-refractivity contribution is -0.385. The van der Waals surface area contributed by atoms with Crippen molar-refractivity contribution in [1.82, 2.24) is 5.32 Å². The minimum absolute atomic E-state index is 0.0518. The summed E-state index contributed by atoms with van der Waals surface area (Å²) in [5.41, 5.74) is 1.70. The van der Waals surface area contributed by atoms with Crippen LogP contribution >= 0.6 is 0 Å². The molecule has 0 heterocycles. The Balaban J connectivity index is 2.23. The molecule has 2 rings (SSSR count). The molecule has 126 valence electrons. The van der Waals surface area contributed by atoms with Crippen molar-refractivity contribution in [3.8, 4) is 6.07 Å². The van der Waals surface area contributed by atoms with E-state index in [0.29, 0.717) is 11.1 Å². The van der Waals surface area contributed by atoms with E-state index in [1.165, 1.54) is 12.1 Å². The molecule has 1 atom stereocenters. The van der Waals surface area contributed by atoms with E-state index < -0.39 is 10.8 Å². The summed E-state index contributed by atoms with van der Waals surface area (Å²) < 4.78 is 0. The second kappa shape index (κ2) is 7.88. The summed E-state index contributed by atoms with van der Waals surface area (Å²) in [5, 5.41) is 23.0. The lowest BCUT2D eigenvalue weighted by Crippen LogP contribution is -2.27. The summed E-state index contributed by atoms with van der Waals surface area (Å²) in [4.78, 5) is 22.8. The fraction of sp³-hybridized carbons (Fsp3) is 0.158. The standard InChI is InChI=1S/C19H17N3O3/c1-13-8-9-15(11-18(13)22(24)25)10-17(12-20)19(23)21-14(2)16-6-4-3-5-7-16/h3-11,14H,1-2H3,(H,21,23)/b17-10+/t14-/m1/s1. The number of hydrogen-bond donors (Lipinski definition) is 1. The van der Waals surface area contributed by atoms with E-state index in [1.54, 1.807) is 19.1 Å². The summed E-state index contributed by atoms with van der Waals surface area (Å²) in [5.74, 6) is -0.526. The van der Waals surface area contributed by atoms with Crippen LogP contribution in [-0.2, 0) is 4.79 Å². The minimum Gasteiger partial charge on any atom is -0.345 e. The molecule has 0 radical (unpaired) electrons. The van der Waals surface area contributed by atoms with Crippen LogP contribution in [0.15, 0.2) is 54.1 Å². The Morgan fingerprint density at radius 2 is 1.96 bits per heavy atom. The Bertz CT molecular complexity index is 867. The summed E-state index contributed by atoms with van der Waals surface area (Å²) >= 11 is 0. The smallest absolute Gasteiger partial charge is 0.272 e. The average Bonchev–Trinajstić information content (AvgIpc) is 2.61. The molecule has 0 aliphatic heterocycles. The molecule has 0 aliphatic carbocycles. The SMILES string of the molecule is Cc1ccc(/C=C(\C#N)C(=O)N[C@H](C)c2ccccc2)cc1[N+](=O)[O-]. The van der Waals surface area contributed by atoms with Crippen LogP contribution in [0.1, 0.15) is 29.7 Å². The molecule has 6 heteroatoms. The van der Waals surface area contributed by atoms with E-state index in [9.17, 15) is 20.2 Å². The quantitative estimate of drug-likeness (QED) is 0.390. The van der Waals surface area contributed by atoms with Crippen LogP contribution in [0.25, 0.3) is 6.08 Å². The van der Waals surface area contributed by atoms with Gasteiger partial charge in [-0.25, -0.2) is 0 Å². The van der Waals surface area contributed by atoms with Crippen molar-refractivity contribution in [2.75, 3.05) is 0 Å². The molecule has 1 amide bonds. The van der Waals surface area contributed by atoms with Gasteiger partial charge in [0, 0.05) is 11.6 Å². The van der Waals surface area contributed by atoms with E-state index in [-0.39, 0.29) is 17.3 Å². The average molecular weight is 335 g/mol. The van der Waals surface area contributed by atoms with Crippen molar-refractivity contribution in [3.63, 3.8) is 0 Å². The number of rotatable bonds is 5. The number of benzene rings is 2. The molecule has 2 aromatic carbocycles. The lowest BCUT2D eigenvalue weighted by Gasteiger charge is -2.13. The number of nitriles is 1. The molecule has 25 heavy (non-hydrogen) atoms. The first-order valence-electron chi connectivity index (χ1n) is 7.65. The van der Waals surface area contributed by atoms with Gasteiger partial charge in [0.1, 0.15) is 11.6 Å². The number of nitrogens with zero attached hydrogens (tertiary/aromatic N) is 2. The zero-order valence-corrected chi connectivity index (χ0v) is 13.9. The van der Waals surface area contributed by atoms with Gasteiger partial charge in [-0.1, -0.05) is 42.5 Å². The van der Waals surface area contributed by atoms with Crippen molar-refractivity contribution in [2.45, 2.75) is 19.9 Å². The van der Waals surface area contributed by atoms with Crippen LogP contribution in [0.4, 0.5) is 5.69 Å². The van der Waals surface area contributed by atoms with Gasteiger partial charge in [-0.3, -0.25) is 14.9 Å². The third-order valence-electron chi connectivity index (χ3n) is 3.75. The molecule has 0 fully saturated rings. The second-order valence-electron chi connectivity index (χ2n) is 5.58. The highest BCUT2D eigenvalue weighted by Crippen LogP contribution is 2.21. The summed E-state index contributed by atoms with van der Waals surface area (Å²) in [7, 11) is 0. The molecular formula is C19H17N3O3. The molecule has 6 nitrogen and oxygen atoms in total. The van der Waals surface area contributed by atoms with E-state index in [1.807, 2.05) is 43.3 Å². The van der Waals surface area contributed by atoms with Gasteiger partial charge in [0.25, 0.3) is 11.6 Å².